The van der Waals surface area contributed by atoms with Crippen LogP contribution in [0.5, 0.6) is 0 Å². The molecule has 0 saturated carbocycles. The van der Waals surface area contributed by atoms with Gasteiger partial charge in [-0.3, -0.25) is 10.1 Å². The zero-order valence-corrected chi connectivity index (χ0v) is 9.11. The summed E-state index contributed by atoms with van der Waals surface area (Å²) in [6, 6.07) is 0. The van der Waals surface area contributed by atoms with E-state index in [0.717, 1.165) is 6.20 Å². The van der Waals surface area contributed by atoms with E-state index >= 15 is 0 Å². The van der Waals surface area contributed by atoms with Crippen molar-refractivity contribution in [1.82, 2.24) is 20.1 Å². The second-order valence-electron chi connectivity index (χ2n) is 3.24. The van der Waals surface area contributed by atoms with Crippen LogP contribution < -0.4 is 11.1 Å². The molecule has 0 fully saturated rings. The lowest BCUT2D eigenvalue weighted by Crippen LogP contribution is -2.10. The lowest BCUT2D eigenvalue weighted by atomic mass is 10.4. The van der Waals surface area contributed by atoms with Gasteiger partial charge in [-0.2, -0.15) is 9.97 Å². The van der Waals surface area contributed by atoms with Gasteiger partial charge in [0.15, 0.2) is 5.82 Å². The van der Waals surface area contributed by atoms with E-state index in [0.29, 0.717) is 18.8 Å². The summed E-state index contributed by atoms with van der Waals surface area (Å²) in [5.74, 6) is 0.519. The van der Waals surface area contributed by atoms with Gasteiger partial charge in [0, 0.05) is 13.0 Å². The van der Waals surface area contributed by atoms with Crippen molar-refractivity contribution >= 4 is 17.5 Å². The van der Waals surface area contributed by atoms with E-state index in [9.17, 15) is 10.1 Å². The highest BCUT2D eigenvalue weighted by atomic mass is 16.6. The van der Waals surface area contributed by atoms with Gasteiger partial charge < -0.3 is 15.6 Å². The van der Waals surface area contributed by atoms with E-state index in [4.69, 9.17) is 5.73 Å². The van der Waals surface area contributed by atoms with Crippen LogP contribution in [0.15, 0.2) is 17.1 Å². The molecule has 0 aromatic carbocycles. The van der Waals surface area contributed by atoms with Crippen LogP contribution in [0.1, 0.15) is 5.82 Å². The molecule has 0 atom stereocenters. The molecule has 2 heterocycles. The molecule has 0 spiro atoms. The minimum absolute atomic E-state index is 0.0392. The number of hydrogen-bond acceptors (Lipinski definition) is 9. The predicted molar refractivity (Wildman–Crippen MR) is 59.6 cm³/mol. The molecule has 0 amide bonds. The van der Waals surface area contributed by atoms with Crippen molar-refractivity contribution in [2.24, 2.45) is 0 Å². The average molecular weight is 251 g/mol. The van der Waals surface area contributed by atoms with E-state index in [1.807, 2.05) is 0 Å². The van der Waals surface area contributed by atoms with E-state index in [2.05, 4.69) is 29.9 Å². The number of aromatic nitrogens is 4. The van der Waals surface area contributed by atoms with Crippen molar-refractivity contribution in [1.29, 1.82) is 0 Å². The Hall–Kier alpha value is -2.78. The number of nitrogens with zero attached hydrogens (tertiary/aromatic N) is 5. The molecular formula is C8H9N7O3. The van der Waals surface area contributed by atoms with Crippen LogP contribution in [0, 0.1) is 10.1 Å². The molecule has 0 saturated heterocycles. The Kier molecular flexibility index (Phi) is 3.27. The van der Waals surface area contributed by atoms with Crippen molar-refractivity contribution in [3.63, 3.8) is 0 Å². The summed E-state index contributed by atoms with van der Waals surface area (Å²) < 4.78 is 4.56. The van der Waals surface area contributed by atoms with E-state index in [-0.39, 0.29) is 17.5 Å². The van der Waals surface area contributed by atoms with Crippen LogP contribution in [0.2, 0.25) is 0 Å². The van der Waals surface area contributed by atoms with E-state index < -0.39 is 4.92 Å². The van der Waals surface area contributed by atoms with Gasteiger partial charge >= 0.3 is 5.69 Å². The summed E-state index contributed by atoms with van der Waals surface area (Å²) in [5.41, 5.74) is 5.13. The second-order valence-corrected chi connectivity index (χ2v) is 3.24. The molecule has 0 unspecified atom stereocenters. The lowest BCUT2D eigenvalue weighted by molar-refractivity contribution is -0.384. The standard InChI is InChI=1S/C8H9N7O3/c9-8-11-3-5(15(16)17)7(13-8)10-2-1-6-12-4-18-14-6/h3-4H,1-2H2,(H3,9,10,11,13). The highest BCUT2D eigenvalue weighted by Crippen LogP contribution is 2.20. The molecule has 0 aliphatic heterocycles. The van der Waals surface area contributed by atoms with Crippen molar-refractivity contribution in [2.75, 3.05) is 17.6 Å². The zero-order chi connectivity index (χ0) is 13.0. The third-order valence-electron chi connectivity index (χ3n) is 2.03. The van der Waals surface area contributed by atoms with Gasteiger partial charge in [0.05, 0.1) is 4.92 Å². The maximum Gasteiger partial charge on any atom is 0.329 e. The first-order chi connectivity index (χ1) is 8.66. The van der Waals surface area contributed by atoms with Gasteiger partial charge in [0.1, 0.15) is 6.20 Å². The Morgan fingerprint density at radius 3 is 3.00 bits per heavy atom. The maximum absolute atomic E-state index is 10.7. The first-order valence-electron chi connectivity index (χ1n) is 4.93. The molecule has 0 aliphatic rings. The van der Waals surface area contributed by atoms with Crippen LogP contribution in [0.25, 0.3) is 0 Å². The molecule has 2 rings (SSSR count). The third kappa shape index (κ3) is 2.66. The molecule has 0 aliphatic carbocycles. The van der Waals surface area contributed by atoms with Crippen LogP contribution in [-0.2, 0) is 6.42 Å². The van der Waals surface area contributed by atoms with Gasteiger partial charge in [0.25, 0.3) is 0 Å². The molecule has 10 heteroatoms. The molecule has 2 aromatic rings. The van der Waals surface area contributed by atoms with Crippen molar-refractivity contribution in [2.45, 2.75) is 6.42 Å². The van der Waals surface area contributed by atoms with Gasteiger partial charge in [-0.1, -0.05) is 5.16 Å². The second kappa shape index (κ2) is 5.03. The largest absolute Gasteiger partial charge is 0.368 e. The minimum Gasteiger partial charge on any atom is -0.368 e. The Morgan fingerprint density at radius 1 is 1.50 bits per heavy atom. The maximum atomic E-state index is 10.7. The normalized spacial score (nSPS) is 10.2. The molecule has 0 radical (unpaired) electrons. The van der Waals surface area contributed by atoms with Gasteiger partial charge in [0.2, 0.25) is 18.2 Å². The van der Waals surface area contributed by atoms with E-state index in [1.165, 1.54) is 6.39 Å². The van der Waals surface area contributed by atoms with E-state index in [1.54, 1.807) is 0 Å². The Balaban J connectivity index is 2.03. The number of nitrogens with one attached hydrogen (secondary N) is 1. The number of nitrogen functional groups attached to an aromatic ring is 1. The topological polar surface area (TPSA) is 146 Å². The van der Waals surface area contributed by atoms with Gasteiger partial charge in [-0.25, -0.2) is 4.98 Å². The predicted octanol–water partition coefficient (Wildman–Crippen LogP) is 0.00460. The summed E-state index contributed by atoms with van der Waals surface area (Å²) >= 11 is 0. The monoisotopic (exact) mass is 251 g/mol. The fourth-order valence-electron chi connectivity index (χ4n) is 1.25. The Labute approximate surface area is 100 Å². The Morgan fingerprint density at radius 2 is 2.33 bits per heavy atom. The van der Waals surface area contributed by atoms with Crippen LogP contribution in [0.3, 0.4) is 0 Å². The summed E-state index contributed by atoms with van der Waals surface area (Å²) in [6.45, 7) is 0.358. The molecular weight excluding hydrogens is 242 g/mol. The average Bonchev–Trinajstić information content (AvgIpc) is 2.82. The van der Waals surface area contributed by atoms with Crippen molar-refractivity contribution in [3.8, 4) is 0 Å². The third-order valence-corrected chi connectivity index (χ3v) is 2.03. The SMILES string of the molecule is Nc1ncc([N+](=O)[O-])c(NCCc2ncon2)n1. The van der Waals surface area contributed by atoms with Crippen LogP contribution in [0.4, 0.5) is 17.5 Å². The molecule has 18 heavy (non-hydrogen) atoms. The number of hydrogen-bond donors (Lipinski definition) is 2. The first kappa shape index (κ1) is 11.7. The Bertz CT molecular complexity index is 542. The van der Waals surface area contributed by atoms with Crippen LogP contribution >= 0.6 is 0 Å². The fraction of sp³-hybridized carbons (Fsp3) is 0.250. The highest BCUT2D eigenvalue weighted by molar-refractivity contribution is 5.56. The van der Waals surface area contributed by atoms with Crippen LogP contribution in [-0.4, -0.2) is 31.6 Å². The lowest BCUT2D eigenvalue weighted by Gasteiger charge is -2.04. The quantitative estimate of drug-likeness (QED) is 0.553. The number of anilines is 2. The smallest absolute Gasteiger partial charge is 0.329 e. The number of nitrogens with two attached hydrogens (primary N) is 1. The summed E-state index contributed by atoms with van der Waals surface area (Å²) in [7, 11) is 0. The number of rotatable bonds is 5. The molecule has 2 aromatic heterocycles. The molecule has 3 N–H and O–H groups in total. The first-order valence-corrected chi connectivity index (χ1v) is 4.93. The molecule has 0 bridgehead atoms. The molecule has 94 valence electrons. The highest BCUT2D eigenvalue weighted by Gasteiger charge is 2.16. The summed E-state index contributed by atoms with van der Waals surface area (Å²) in [5, 5.41) is 17.1. The fourth-order valence-corrected chi connectivity index (χ4v) is 1.25. The van der Waals surface area contributed by atoms with Gasteiger partial charge in [-0.15, -0.1) is 0 Å². The summed E-state index contributed by atoms with van der Waals surface area (Å²) in [4.78, 5) is 21.3. The van der Waals surface area contributed by atoms with Gasteiger partial charge in [-0.05, 0) is 0 Å². The summed E-state index contributed by atoms with van der Waals surface area (Å²) in [6.07, 6.45) is 2.71. The van der Waals surface area contributed by atoms with Crippen molar-refractivity contribution in [3.05, 3.63) is 28.5 Å². The molecule has 10 nitrogen and oxygen atoms in total. The van der Waals surface area contributed by atoms with Crippen molar-refractivity contribution < 1.29 is 9.45 Å². The minimum atomic E-state index is -0.587. The number of nitro groups is 1. The zero-order valence-electron chi connectivity index (χ0n) is 9.11.